The SMILES string of the molecule is CC(=CCO)CCC=C(C)CCC=C(C)CC(=O)CC(C)C. The molecule has 0 fully saturated rings. The number of allylic oxidation sites excluding steroid dienone is 5. The summed E-state index contributed by atoms with van der Waals surface area (Å²) in [5, 5.41) is 8.80. The van der Waals surface area contributed by atoms with Crippen LogP contribution in [0.1, 0.15) is 73.1 Å². The maximum atomic E-state index is 11.7. The van der Waals surface area contributed by atoms with Crippen LogP contribution in [0.2, 0.25) is 0 Å². The Kier molecular flexibility index (Phi) is 11.8. The molecular formula is C20H34O2. The van der Waals surface area contributed by atoms with Crippen LogP contribution in [0.3, 0.4) is 0 Å². The molecule has 0 bridgehead atoms. The average molecular weight is 306 g/mol. The van der Waals surface area contributed by atoms with E-state index in [4.69, 9.17) is 5.11 Å². The van der Waals surface area contributed by atoms with Crippen molar-refractivity contribution in [2.45, 2.75) is 73.1 Å². The van der Waals surface area contributed by atoms with E-state index in [1.165, 1.54) is 16.7 Å². The molecule has 22 heavy (non-hydrogen) atoms. The van der Waals surface area contributed by atoms with E-state index in [1.807, 2.05) is 6.08 Å². The molecule has 0 radical (unpaired) electrons. The molecule has 0 heterocycles. The minimum Gasteiger partial charge on any atom is -0.392 e. The number of hydrogen-bond acceptors (Lipinski definition) is 2. The van der Waals surface area contributed by atoms with Crippen LogP contribution in [-0.4, -0.2) is 17.5 Å². The predicted molar refractivity (Wildman–Crippen MR) is 95.9 cm³/mol. The number of Topliss-reactive ketones (excluding diaryl/α,β-unsaturated/α-hetero) is 1. The third kappa shape index (κ3) is 12.6. The lowest BCUT2D eigenvalue weighted by molar-refractivity contribution is -0.119. The Bertz CT molecular complexity index is 411. The quantitative estimate of drug-likeness (QED) is 0.520. The number of carbonyl (C=O) groups is 1. The van der Waals surface area contributed by atoms with Crippen molar-refractivity contribution in [3.8, 4) is 0 Å². The molecule has 2 heteroatoms. The molecule has 0 unspecified atom stereocenters. The summed E-state index contributed by atoms with van der Waals surface area (Å²) in [6.45, 7) is 10.6. The fourth-order valence-corrected chi connectivity index (χ4v) is 2.36. The van der Waals surface area contributed by atoms with E-state index in [0.717, 1.165) is 25.7 Å². The summed E-state index contributed by atoms with van der Waals surface area (Å²) in [5.41, 5.74) is 3.83. The molecule has 0 atom stereocenters. The van der Waals surface area contributed by atoms with Crippen LogP contribution in [0.5, 0.6) is 0 Å². The minimum atomic E-state index is 0.133. The van der Waals surface area contributed by atoms with E-state index < -0.39 is 0 Å². The van der Waals surface area contributed by atoms with Gasteiger partial charge in [-0.2, -0.15) is 0 Å². The van der Waals surface area contributed by atoms with Gasteiger partial charge in [0.2, 0.25) is 0 Å². The smallest absolute Gasteiger partial charge is 0.137 e. The van der Waals surface area contributed by atoms with Gasteiger partial charge in [-0.25, -0.2) is 0 Å². The normalized spacial score (nSPS) is 13.9. The number of rotatable bonds is 11. The molecule has 0 aliphatic rings. The Morgan fingerprint density at radius 2 is 1.41 bits per heavy atom. The molecule has 0 amide bonds. The third-order valence-electron chi connectivity index (χ3n) is 3.61. The van der Waals surface area contributed by atoms with Gasteiger partial charge in [0, 0.05) is 12.8 Å². The molecule has 0 aliphatic carbocycles. The summed E-state index contributed by atoms with van der Waals surface area (Å²) in [6, 6.07) is 0. The standard InChI is InChI=1S/C20H34O2/c1-16(2)14-20(22)15-19(5)11-7-9-17(3)8-6-10-18(4)12-13-21/h8,11-12,16,21H,6-7,9-10,13-15H2,1-5H3. The number of aliphatic hydroxyl groups is 1. The lowest BCUT2D eigenvalue weighted by Crippen LogP contribution is -2.02. The summed E-state index contributed by atoms with van der Waals surface area (Å²) in [5.74, 6) is 0.802. The van der Waals surface area contributed by atoms with E-state index in [0.29, 0.717) is 24.5 Å². The lowest BCUT2D eigenvalue weighted by atomic mass is 10.0. The third-order valence-corrected chi connectivity index (χ3v) is 3.61. The monoisotopic (exact) mass is 306 g/mol. The Balaban J connectivity index is 4.03. The summed E-state index contributed by atoms with van der Waals surface area (Å²) < 4.78 is 0. The van der Waals surface area contributed by atoms with Gasteiger partial charge < -0.3 is 5.11 Å². The Hall–Kier alpha value is -1.15. The van der Waals surface area contributed by atoms with Crippen LogP contribution in [0.25, 0.3) is 0 Å². The van der Waals surface area contributed by atoms with E-state index >= 15 is 0 Å². The number of carbonyl (C=O) groups excluding carboxylic acids is 1. The molecule has 0 saturated carbocycles. The number of aliphatic hydroxyl groups excluding tert-OH is 1. The highest BCUT2D eigenvalue weighted by Gasteiger charge is 2.05. The summed E-state index contributed by atoms with van der Waals surface area (Å²) in [7, 11) is 0. The summed E-state index contributed by atoms with van der Waals surface area (Å²) >= 11 is 0. The molecule has 0 spiro atoms. The van der Waals surface area contributed by atoms with Crippen molar-refractivity contribution in [3.05, 3.63) is 34.9 Å². The van der Waals surface area contributed by atoms with E-state index in [9.17, 15) is 4.79 Å². The minimum absolute atomic E-state index is 0.133. The average Bonchev–Trinajstić information content (AvgIpc) is 2.37. The van der Waals surface area contributed by atoms with Crippen molar-refractivity contribution in [1.82, 2.24) is 0 Å². The van der Waals surface area contributed by atoms with Crippen molar-refractivity contribution in [2.24, 2.45) is 5.92 Å². The second kappa shape index (κ2) is 12.4. The Morgan fingerprint density at radius 1 is 0.909 bits per heavy atom. The fraction of sp³-hybridized carbons (Fsp3) is 0.650. The van der Waals surface area contributed by atoms with Gasteiger partial charge in [-0.05, 0) is 52.4 Å². The van der Waals surface area contributed by atoms with Crippen molar-refractivity contribution >= 4 is 5.78 Å². The van der Waals surface area contributed by atoms with Gasteiger partial charge in [-0.3, -0.25) is 4.79 Å². The van der Waals surface area contributed by atoms with Crippen molar-refractivity contribution in [1.29, 1.82) is 0 Å². The van der Waals surface area contributed by atoms with Crippen LogP contribution >= 0.6 is 0 Å². The van der Waals surface area contributed by atoms with Gasteiger partial charge in [0.15, 0.2) is 0 Å². The zero-order valence-electron chi connectivity index (χ0n) is 15.1. The van der Waals surface area contributed by atoms with E-state index in [-0.39, 0.29) is 6.61 Å². The van der Waals surface area contributed by atoms with Gasteiger partial charge >= 0.3 is 0 Å². The molecule has 0 saturated heterocycles. The largest absolute Gasteiger partial charge is 0.392 e. The first-order chi connectivity index (χ1) is 10.3. The number of ketones is 1. The maximum absolute atomic E-state index is 11.7. The van der Waals surface area contributed by atoms with E-state index in [2.05, 4.69) is 46.8 Å². The fourth-order valence-electron chi connectivity index (χ4n) is 2.36. The van der Waals surface area contributed by atoms with Crippen molar-refractivity contribution < 1.29 is 9.90 Å². The molecular weight excluding hydrogens is 272 g/mol. The predicted octanol–water partition coefficient (Wildman–Crippen LogP) is 5.38. The van der Waals surface area contributed by atoms with Gasteiger partial charge in [-0.15, -0.1) is 0 Å². The van der Waals surface area contributed by atoms with Gasteiger partial charge in [-0.1, -0.05) is 48.8 Å². The first kappa shape index (κ1) is 20.9. The van der Waals surface area contributed by atoms with Crippen LogP contribution in [0, 0.1) is 5.92 Å². The number of hydrogen-bond donors (Lipinski definition) is 1. The maximum Gasteiger partial charge on any atom is 0.137 e. The molecule has 0 rings (SSSR count). The molecule has 126 valence electrons. The van der Waals surface area contributed by atoms with Gasteiger partial charge in [0.25, 0.3) is 0 Å². The first-order valence-electron chi connectivity index (χ1n) is 8.44. The zero-order chi connectivity index (χ0) is 17.0. The van der Waals surface area contributed by atoms with Crippen LogP contribution in [0.4, 0.5) is 0 Å². The molecule has 2 nitrogen and oxygen atoms in total. The molecule has 1 N–H and O–H groups in total. The lowest BCUT2D eigenvalue weighted by Gasteiger charge is -2.05. The first-order valence-corrected chi connectivity index (χ1v) is 8.44. The molecule has 0 aromatic rings. The van der Waals surface area contributed by atoms with Crippen molar-refractivity contribution in [2.75, 3.05) is 6.61 Å². The van der Waals surface area contributed by atoms with Crippen LogP contribution in [-0.2, 0) is 4.79 Å². The van der Waals surface area contributed by atoms with Crippen molar-refractivity contribution in [3.63, 3.8) is 0 Å². The Labute approximate surface area is 137 Å². The zero-order valence-corrected chi connectivity index (χ0v) is 15.1. The summed E-state index contributed by atoms with van der Waals surface area (Å²) in [4.78, 5) is 11.7. The molecule has 0 aromatic heterocycles. The highest BCUT2D eigenvalue weighted by molar-refractivity contribution is 5.80. The van der Waals surface area contributed by atoms with E-state index in [1.54, 1.807) is 0 Å². The summed E-state index contributed by atoms with van der Waals surface area (Å²) in [6.07, 6.45) is 11.7. The topological polar surface area (TPSA) is 37.3 Å². The van der Waals surface area contributed by atoms with Gasteiger partial charge in [0.1, 0.15) is 5.78 Å². The van der Waals surface area contributed by atoms with Crippen LogP contribution < -0.4 is 0 Å². The Morgan fingerprint density at radius 3 is 1.91 bits per heavy atom. The highest BCUT2D eigenvalue weighted by atomic mass is 16.2. The molecule has 0 aliphatic heterocycles. The molecule has 0 aromatic carbocycles. The second-order valence-corrected chi connectivity index (χ2v) is 6.72. The van der Waals surface area contributed by atoms with Gasteiger partial charge in [0.05, 0.1) is 6.61 Å². The second-order valence-electron chi connectivity index (χ2n) is 6.72. The highest BCUT2D eigenvalue weighted by Crippen LogP contribution is 2.13. The van der Waals surface area contributed by atoms with Crippen LogP contribution in [0.15, 0.2) is 34.9 Å².